The molecule has 1 heteroatoms. The minimum atomic E-state index is -0.0729. The zero-order valence-corrected chi connectivity index (χ0v) is 28.8. The number of fused-ring (bicyclic) bond motifs is 6. The van der Waals surface area contributed by atoms with Gasteiger partial charge in [-0.25, -0.2) is 0 Å². The van der Waals surface area contributed by atoms with E-state index >= 15 is 0 Å². The molecular weight excluding hydrogens is 579 g/mol. The first-order chi connectivity index (χ1) is 23.5. The Morgan fingerprint density at radius 3 is 1.85 bits per heavy atom. The van der Waals surface area contributed by atoms with Gasteiger partial charge in [-0.1, -0.05) is 125 Å². The summed E-state index contributed by atoms with van der Waals surface area (Å²) in [6, 6.07) is 44.6. The Bertz CT molecular complexity index is 1900. The van der Waals surface area contributed by atoms with Crippen molar-refractivity contribution in [3.8, 4) is 22.3 Å². The van der Waals surface area contributed by atoms with Gasteiger partial charge in [-0.2, -0.15) is 0 Å². The monoisotopic (exact) mass is 627 g/mol. The van der Waals surface area contributed by atoms with E-state index in [1.54, 1.807) is 5.56 Å². The van der Waals surface area contributed by atoms with Crippen molar-refractivity contribution in [2.75, 3.05) is 4.90 Å². The highest BCUT2D eigenvalue weighted by molar-refractivity contribution is 5.94. The summed E-state index contributed by atoms with van der Waals surface area (Å²) in [4.78, 5) is 2.56. The van der Waals surface area contributed by atoms with Crippen LogP contribution in [0, 0.1) is 11.8 Å². The highest BCUT2D eigenvalue weighted by atomic mass is 15.1. The van der Waals surface area contributed by atoms with Gasteiger partial charge in [0.2, 0.25) is 0 Å². The fraction of sp³-hybridized carbons (Fsp3) is 0.362. The van der Waals surface area contributed by atoms with Gasteiger partial charge >= 0.3 is 0 Å². The molecule has 0 radical (unpaired) electrons. The number of anilines is 3. The van der Waals surface area contributed by atoms with Crippen molar-refractivity contribution in [2.45, 2.75) is 95.3 Å². The topological polar surface area (TPSA) is 3.24 Å². The van der Waals surface area contributed by atoms with Crippen LogP contribution in [-0.4, -0.2) is 0 Å². The van der Waals surface area contributed by atoms with Crippen molar-refractivity contribution in [3.63, 3.8) is 0 Å². The molecule has 0 saturated heterocycles. The Kier molecular flexibility index (Phi) is 7.56. The smallest absolute Gasteiger partial charge is 0.0543 e. The van der Waals surface area contributed by atoms with E-state index in [0.717, 1.165) is 17.8 Å². The third kappa shape index (κ3) is 5.13. The number of benzene rings is 5. The quantitative estimate of drug-likeness (QED) is 0.181. The number of hydrogen-bond acceptors (Lipinski definition) is 1. The van der Waals surface area contributed by atoms with Crippen LogP contribution >= 0.6 is 0 Å². The van der Waals surface area contributed by atoms with E-state index < -0.39 is 0 Å². The molecule has 5 aliphatic rings. The molecule has 0 spiro atoms. The molecule has 1 unspecified atom stereocenters. The molecule has 10 rings (SSSR count). The fourth-order valence-corrected chi connectivity index (χ4v) is 10.2. The third-order valence-corrected chi connectivity index (χ3v) is 12.9. The predicted octanol–water partition coefficient (Wildman–Crippen LogP) is 13.5. The summed E-state index contributed by atoms with van der Waals surface area (Å²) in [5.41, 5.74) is 14.9. The Labute approximate surface area is 288 Å². The van der Waals surface area contributed by atoms with E-state index in [4.69, 9.17) is 0 Å². The molecule has 0 aromatic heterocycles. The second kappa shape index (κ2) is 12.1. The second-order valence-corrected chi connectivity index (χ2v) is 15.9. The molecule has 1 atom stereocenters. The molecule has 0 amide bonds. The lowest BCUT2D eigenvalue weighted by Gasteiger charge is -2.42. The summed E-state index contributed by atoms with van der Waals surface area (Å²) < 4.78 is 0. The minimum absolute atomic E-state index is 0.0729. The molecule has 0 N–H and O–H groups in total. The SMILES string of the molecule is CC1(C)c2ccccc2-c2cc(-c3ccccc3)c(N(c3ccc(C4CCCCC4)cc3)c3ccc(C4CC5CCC4CC5)cc3)cc21. The van der Waals surface area contributed by atoms with Crippen LogP contribution in [0.25, 0.3) is 22.3 Å². The molecule has 242 valence electrons. The summed E-state index contributed by atoms with van der Waals surface area (Å²) in [6.07, 6.45) is 13.9. The van der Waals surface area contributed by atoms with E-state index in [1.807, 2.05) is 0 Å². The third-order valence-electron chi connectivity index (χ3n) is 12.9. The highest BCUT2D eigenvalue weighted by Gasteiger charge is 2.38. The molecule has 0 aliphatic heterocycles. The van der Waals surface area contributed by atoms with Gasteiger partial charge in [0, 0.05) is 22.4 Å². The average Bonchev–Trinajstić information content (AvgIpc) is 3.38. The van der Waals surface area contributed by atoms with Crippen molar-refractivity contribution in [1.29, 1.82) is 0 Å². The second-order valence-electron chi connectivity index (χ2n) is 15.9. The van der Waals surface area contributed by atoms with Crippen LogP contribution in [0.2, 0.25) is 0 Å². The maximum absolute atomic E-state index is 2.56. The molecule has 48 heavy (non-hydrogen) atoms. The van der Waals surface area contributed by atoms with Crippen LogP contribution < -0.4 is 4.90 Å². The van der Waals surface area contributed by atoms with Crippen LogP contribution in [0.5, 0.6) is 0 Å². The zero-order valence-electron chi connectivity index (χ0n) is 28.8. The molecule has 5 aromatic rings. The van der Waals surface area contributed by atoms with Gasteiger partial charge in [-0.05, 0) is 131 Å². The van der Waals surface area contributed by atoms with Crippen LogP contribution in [0.3, 0.4) is 0 Å². The molecule has 0 heterocycles. The van der Waals surface area contributed by atoms with Crippen molar-refractivity contribution in [3.05, 3.63) is 138 Å². The van der Waals surface area contributed by atoms with Crippen LogP contribution in [-0.2, 0) is 5.41 Å². The Morgan fingerprint density at radius 2 is 1.19 bits per heavy atom. The first-order valence-corrected chi connectivity index (χ1v) is 18.9. The zero-order chi connectivity index (χ0) is 32.2. The van der Waals surface area contributed by atoms with E-state index in [1.165, 1.54) is 120 Å². The number of hydrogen-bond donors (Lipinski definition) is 0. The van der Waals surface area contributed by atoms with Crippen LogP contribution in [0.1, 0.15) is 112 Å². The average molecular weight is 628 g/mol. The van der Waals surface area contributed by atoms with Crippen molar-refractivity contribution < 1.29 is 0 Å². The number of rotatable bonds is 6. The standard InChI is InChI=1S/C47H49N/c1-47(2)44-16-10-9-15-40(44)43-30-42(35-13-7-4-8-14-35)46(31-45(43)47)48(38-25-21-34(22-26-38)33-11-5-3-6-12-33)39-27-23-37(24-28-39)41-29-32-17-19-36(41)20-18-32/h4,7-10,13-16,21-28,30-33,36,41H,3,5-6,11-12,17-20,29H2,1-2H3. The van der Waals surface area contributed by atoms with Crippen molar-refractivity contribution in [2.24, 2.45) is 11.8 Å². The normalized spacial score (nSPS) is 22.7. The number of nitrogens with zero attached hydrogens (tertiary/aromatic N) is 1. The maximum Gasteiger partial charge on any atom is 0.0543 e. The van der Waals surface area contributed by atoms with Gasteiger partial charge in [0.25, 0.3) is 0 Å². The summed E-state index contributed by atoms with van der Waals surface area (Å²) in [6.45, 7) is 4.80. The van der Waals surface area contributed by atoms with Gasteiger partial charge in [0.15, 0.2) is 0 Å². The molecular formula is C47H49N. The molecule has 2 bridgehead atoms. The van der Waals surface area contributed by atoms with E-state index in [-0.39, 0.29) is 5.41 Å². The Balaban J connectivity index is 1.20. The fourth-order valence-electron chi connectivity index (χ4n) is 10.2. The maximum atomic E-state index is 2.56. The molecule has 5 aliphatic carbocycles. The lowest BCUT2D eigenvalue weighted by atomic mass is 9.63. The Hall–Kier alpha value is -4.10. The molecule has 5 aromatic carbocycles. The van der Waals surface area contributed by atoms with Crippen LogP contribution in [0.15, 0.2) is 115 Å². The van der Waals surface area contributed by atoms with Gasteiger partial charge in [0.05, 0.1) is 5.69 Å². The van der Waals surface area contributed by atoms with Crippen molar-refractivity contribution in [1.82, 2.24) is 0 Å². The van der Waals surface area contributed by atoms with Crippen LogP contribution in [0.4, 0.5) is 17.1 Å². The minimum Gasteiger partial charge on any atom is -0.310 e. The largest absolute Gasteiger partial charge is 0.310 e. The lowest BCUT2D eigenvalue weighted by molar-refractivity contribution is 0.145. The predicted molar refractivity (Wildman–Crippen MR) is 203 cm³/mol. The van der Waals surface area contributed by atoms with E-state index in [0.29, 0.717) is 5.92 Å². The summed E-state index contributed by atoms with van der Waals surface area (Å²) in [5, 5.41) is 0. The first-order valence-electron chi connectivity index (χ1n) is 18.9. The van der Waals surface area contributed by atoms with E-state index in [9.17, 15) is 0 Å². The highest BCUT2D eigenvalue weighted by Crippen LogP contribution is 2.54. The van der Waals surface area contributed by atoms with Gasteiger partial charge in [0.1, 0.15) is 0 Å². The molecule has 4 saturated carbocycles. The van der Waals surface area contributed by atoms with Gasteiger partial charge < -0.3 is 4.90 Å². The first kappa shape index (κ1) is 30.0. The lowest BCUT2D eigenvalue weighted by Crippen LogP contribution is -2.29. The molecule has 4 fully saturated rings. The van der Waals surface area contributed by atoms with Gasteiger partial charge in [-0.15, -0.1) is 0 Å². The van der Waals surface area contributed by atoms with Gasteiger partial charge in [-0.3, -0.25) is 0 Å². The van der Waals surface area contributed by atoms with Crippen molar-refractivity contribution >= 4 is 17.1 Å². The molecule has 1 nitrogen and oxygen atoms in total. The van der Waals surface area contributed by atoms with E-state index in [2.05, 4.69) is 134 Å². The summed E-state index contributed by atoms with van der Waals surface area (Å²) >= 11 is 0. The summed E-state index contributed by atoms with van der Waals surface area (Å²) in [5.74, 6) is 3.24. The summed E-state index contributed by atoms with van der Waals surface area (Å²) in [7, 11) is 0. The Morgan fingerprint density at radius 1 is 0.542 bits per heavy atom.